The third-order valence-corrected chi connectivity index (χ3v) is 2.09. The number of nitrogens with two attached hydrogens (primary N) is 1. The predicted octanol–water partition coefficient (Wildman–Crippen LogP) is 3.12. The van der Waals surface area contributed by atoms with Gasteiger partial charge in [-0.1, -0.05) is 13.8 Å². The molecule has 3 nitrogen and oxygen atoms in total. The van der Waals surface area contributed by atoms with E-state index in [1.165, 1.54) is 0 Å². The number of ether oxygens (including phenoxy) is 1. The Morgan fingerprint density at radius 3 is 2.50 bits per heavy atom. The highest BCUT2D eigenvalue weighted by molar-refractivity contribution is 5.61. The first-order chi connectivity index (χ1) is 7.49. The zero-order chi connectivity index (χ0) is 12.1. The maximum Gasteiger partial charge on any atom is 0.144 e. The SMILES string of the molecule is CC(C)CNc1ccc(N)c(OC(C)C)c1. The number of nitrogens with one attached hydrogen (secondary N) is 1. The van der Waals surface area contributed by atoms with Gasteiger partial charge in [0.05, 0.1) is 11.8 Å². The van der Waals surface area contributed by atoms with Crippen molar-refractivity contribution in [2.45, 2.75) is 33.8 Å². The Morgan fingerprint density at radius 2 is 1.94 bits per heavy atom. The topological polar surface area (TPSA) is 47.3 Å². The molecule has 0 aliphatic carbocycles. The Morgan fingerprint density at radius 1 is 1.25 bits per heavy atom. The van der Waals surface area contributed by atoms with Crippen molar-refractivity contribution in [1.29, 1.82) is 0 Å². The van der Waals surface area contributed by atoms with Crippen molar-refractivity contribution in [2.24, 2.45) is 5.92 Å². The first kappa shape index (κ1) is 12.7. The molecule has 3 heteroatoms. The van der Waals surface area contributed by atoms with Gasteiger partial charge in [-0.3, -0.25) is 0 Å². The Bertz CT molecular complexity index is 335. The van der Waals surface area contributed by atoms with E-state index in [0.717, 1.165) is 18.0 Å². The summed E-state index contributed by atoms with van der Waals surface area (Å²) < 4.78 is 5.63. The van der Waals surface area contributed by atoms with E-state index in [1.807, 2.05) is 32.0 Å². The summed E-state index contributed by atoms with van der Waals surface area (Å²) in [6.07, 6.45) is 0.141. The minimum Gasteiger partial charge on any atom is -0.489 e. The highest BCUT2D eigenvalue weighted by atomic mass is 16.5. The van der Waals surface area contributed by atoms with Crippen LogP contribution >= 0.6 is 0 Å². The molecule has 0 aliphatic rings. The number of hydrogen-bond donors (Lipinski definition) is 2. The molecule has 0 radical (unpaired) electrons. The van der Waals surface area contributed by atoms with E-state index in [1.54, 1.807) is 0 Å². The van der Waals surface area contributed by atoms with Gasteiger partial charge in [-0.25, -0.2) is 0 Å². The molecule has 90 valence electrons. The summed E-state index contributed by atoms with van der Waals surface area (Å²) in [6, 6.07) is 5.81. The van der Waals surface area contributed by atoms with E-state index in [4.69, 9.17) is 10.5 Å². The largest absolute Gasteiger partial charge is 0.489 e. The van der Waals surface area contributed by atoms with E-state index in [2.05, 4.69) is 19.2 Å². The van der Waals surface area contributed by atoms with Crippen LogP contribution in [0.3, 0.4) is 0 Å². The molecular formula is C13H22N2O. The molecular weight excluding hydrogens is 200 g/mol. The van der Waals surface area contributed by atoms with Crippen LogP contribution in [-0.4, -0.2) is 12.6 Å². The van der Waals surface area contributed by atoms with Crippen LogP contribution in [0.15, 0.2) is 18.2 Å². The van der Waals surface area contributed by atoms with Gasteiger partial charge < -0.3 is 15.8 Å². The normalized spacial score (nSPS) is 10.9. The molecule has 0 spiro atoms. The summed E-state index contributed by atoms with van der Waals surface area (Å²) in [5, 5.41) is 3.35. The average Bonchev–Trinajstić information content (AvgIpc) is 2.18. The van der Waals surface area contributed by atoms with Crippen LogP contribution in [0.2, 0.25) is 0 Å². The van der Waals surface area contributed by atoms with E-state index < -0.39 is 0 Å². The smallest absolute Gasteiger partial charge is 0.144 e. The van der Waals surface area contributed by atoms with E-state index in [9.17, 15) is 0 Å². The van der Waals surface area contributed by atoms with Gasteiger partial charge in [-0.05, 0) is 31.9 Å². The summed E-state index contributed by atoms with van der Waals surface area (Å²) in [5.74, 6) is 1.37. The second-order valence-corrected chi connectivity index (χ2v) is 4.69. The molecule has 1 aromatic carbocycles. The number of hydrogen-bond acceptors (Lipinski definition) is 3. The van der Waals surface area contributed by atoms with Crippen LogP contribution in [0.5, 0.6) is 5.75 Å². The maximum atomic E-state index is 5.84. The quantitative estimate of drug-likeness (QED) is 0.752. The molecule has 0 aliphatic heterocycles. The summed E-state index contributed by atoms with van der Waals surface area (Å²) >= 11 is 0. The monoisotopic (exact) mass is 222 g/mol. The van der Waals surface area contributed by atoms with Crippen molar-refractivity contribution in [3.63, 3.8) is 0 Å². The summed E-state index contributed by atoms with van der Waals surface area (Å²) in [4.78, 5) is 0. The first-order valence-electron chi connectivity index (χ1n) is 5.79. The Labute approximate surface area is 98.0 Å². The van der Waals surface area contributed by atoms with Gasteiger partial charge in [-0.2, -0.15) is 0 Å². The van der Waals surface area contributed by atoms with Crippen molar-refractivity contribution in [2.75, 3.05) is 17.6 Å². The third kappa shape index (κ3) is 4.01. The maximum absolute atomic E-state index is 5.84. The fourth-order valence-electron chi connectivity index (χ4n) is 1.32. The van der Waals surface area contributed by atoms with Crippen LogP contribution in [0, 0.1) is 5.92 Å². The van der Waals surface area contributed by atoms with Crippen LogP contribution in [0.1, 0.15) is 27.7 Å². The van der Waals surface area contributed by atoms with Gasteiger partial charge in [-0.15, -0.1) is 0 Å². The van der Waals surface area contributed by atoms with Gasteiger partial charge >= 0.3 is 0 Å². The van der Waals surface area contributed by atoms with E-state index in [0.29, 0.717) is 11.6 Å². The zero-order valence-corrected chi connectivity index (χ0v) is 10.6. The molecule has 16 heavy (non-hydrogen) atoms. The second kappa shape index (κ2) is 5.64. The molecule has 0 unspecified atom stereocenters. The van der Waals surface area contributed by atoms with Gasteiger partial charge in [0.2, 0.25) is 0 Å². The first-order valence-corrected chi connectivity index (χ1v) is 5.79. The van der Waals surface area contributed by atoms with Crippen LogP contribution in [0.4, 0.5) is 11.4 Å². The van der Waals surface area contributed by atoms with Crippen LogP contribution in [-0.2, 0) is 0 Å². The molecule has 0 atom stereocenters. The fourth-order valence-corrected chi connectivity index (χ4v) is 1.32. The molecule has 0 fully saturated rings. The molecule has 0 bridgehead atoms. The molecule has 0 heterocycles. The summed E-state index contributed by atoms with van der Waals surface area (Å²) in [5.41, 5.74) is 7.58. The Kier molecular flexibility index (Phi) is 4.47. The van der Waals surface area contributed by atoms with Gasteiger partial charge in [0.15, 0.2) is 0 Å². The minimum atomic E-state index is 0.141. The molecule has 0 aromatic heterocycles. The standard InChI is InChI=1S/C13H22N2O/c1-9(2)8-15-11-5-6-12(14)13(7-11)16-10(3)4/h5-7,9-10,15H,8,14H2,1-4H3. The lowest BCUT2D eigenvalue weighted by Crippen LogP contribution is -2.10. The number of anilines is 2. The molecule has 3 N–H and O–H groups in total. The van der Waals surface area contributed by atoms with Crippen molar-refractivity contribution in [3.8, 4) is 5.75 Å². The predicted molar refractivity (Wildman–Crippen MR) is 69.9 cm³/mol. The van der Waals surface area contributed by atoms with Crippen LogP contribution in [0.25, 0.3) is 0 Å². The lowest BCUT2D eigenvalue weighted by Gasteiger charge is -2.15. The van der Waals surface area contributed by atoms with Gasteiger partial charge in [0.25, 0.3) is 0 Å². The van der Waals surface area contributed by atoms with Gasteiger partial charge in [0.1, 0.15) is 5.75 Å². The lowest BCUT2D eigenvalue weighted by atomic mass is 10.2. The summed E-state index contributed by atoms with van der Waals surface area (Å²) in [6.45, 7) is 9.29. The van der Waals surface area contributed by atoms with Gasteiger partial charge in [0, 0.05) is 18.3 Å². The molecule has 0 saturated carbocycles. The van der Waals surface area contributed by atoms with E-state index >= 15 is 0 Å². The second-order valence-electron chi connectivity index (χ2n) is 4.69. The van der Waals surface area contributed by atoms with Crippen molar-refractivity contribution in [1.82, 2.24) is 0 Å². The number of benzene rings is 1. The Hall–Kier alpha value is -1.38. The zero-order valence-electron chi connectivity index (χ0n) is 10.6. The lowest BCUT2D eigenvalue weighted by molar-refractivity contribution is 0.244. The van der Waals surface area contributed by atoms with Crippen molar-refractivity contribution >= 4 is 11.4 Å². The molecule has 0 amide bonds. The van der Waals surface area contributed by atoms with E-state index in [-0.39, 0.29) is 6.10 Å². The number of rotatable bonds is 5. The summed E-state index contributed by atoms with van der Waals surface area (Å²) in [7, 11) is 0. The average molecular weight is 222 g/mol. The molecule has 1 aromatic rings. The van der Waals surface area contributed by atoms with Crippen molar-refractivity contribution in [3.05, 3.63) is 18.2 Å². The highest BCUT2D eigenvalue weighted by Gasteiger charge is 2.04. The minimum absolute atomic E-state index is 0.141. The van der Waals surface area contributed by atoms with Crippen LogP contribution < -0.4 is 15.8 Å². The number of nitrogen functional groups attached to an aromatic ring is 1. The Balaban J connectivity index is 2.73. The molecule has 0 saturated heterocycles. The third-order valence-electron chi connectivity index (χ3n) is 2.09. The molecule has 1 rings (SSSR count). The van der Waals surface area contributed by atoms with Crippen molar-refractivity contribution < 1.29 is 4.74 Å². The fraction of sp³-hybridized carbons (Fsp3) is 0.538. The highest BCUT2D eigenvalue weighted by Crippen LogP contribution is 2.26.